The zero-order chi connectivity index (χ0) is 16.0. The number of ether oxygens (including phenoxy) is 1. The van der Waals surface area contributed by atoms with Gasteiger partial charge in [0.15, 0.2) is 11.6 Å². The molecule has 2 rings (SSSR count). The smallest absolute Gasteiger partial charge is 0.320 e. The number of thioether (sulfide) groups is 1. The molecule has 0 saturated heterocycles. The summed E-state index contributed by atoms with van der Waals surface area (Å²) in [6, 6.07) is 8.77. The van der Waals surface area contributed by atoms with Crippen molar-refractivity contribution in [1.82, 2.24) is 0 Å². The number of benzene rings is 1. The van der Waals surface area contributed by atoms with Crippen LogP contribution in [0.3, 0.4) is 0 Å². The molecule has 1 aromatic rings. The van der Waals surface area contributed by atoms with Crippen molar-refractivity contribution in [1.29, 1.82) is 0 Å². The van der Waals surface area contributed by atoms with Gasteiger partial charge in [-0.15, -0.1) is 0 Å². The predicted molar refractivity (Wildman–Crippen MR) is 86.0 cm³/mol. The molecule has 22 heavy (non-hydrogen) atoms. The van der Waals surface area contributed by atoms with Gasteiger partial charge in [0, 0.05) is 24.2 Å². The average molecular weight is 320 g/mol. The molecule has 0 spiro atoms. The quantitative estimate of drug-likeness (QED) is 0.334. The Bertz CT molecular complexity index is 555. The molecule has 0 aromatic heterocycles. The van der Waals surface area contributed by atoms with Crippen molar-refractivity contribution in [3.8, 4) is 0 Å². The van der Waals surface area contributed by atoms with Crippen LogP contribution in [0.25, 0.3) is 0 Å². The van der Waals surface area contributed by atoms with E-state index in [-0.39, 0.29) is 24.6 Å². The largest absolute Gasteiger partial charge is 0.464 e. The first-order chi connectivity index (χ1) is 10.6. The van der Waals surface area contributed by atoms with Crippen LogP contribution in [0.1, 0.15) is 36.0 Å². The van der Waals surface area contributed by atoms with Gasteiger partial charge >= 0.3 is 5.97 Å². The Morgan fingerprint density at radius 3 is 2.59 bits per heavy atom. The van der Waals surface area contributed by atoms with Crippen molar-refractivity contribution in [2.24, 2.45) is 5.41 Å². The number of Topliss-reactive ketones (excluding diaryl/α,β-unsaturated/α-hetero) is 2. The minimum Gasteiger partial charge on any atom is -0.464 e. The summed E-state index contributed by atoms with van der Waals surface area (Å²) >= 11 is 1.57. The van der Waals surface area contributed by atoms with E-state index in [9.17, 15) is 14.4 Å². The number of hydrogen-bond donors (Lipinski definition) is 0. The van der Waals surface area contributed by atoms with Crippen molar-refractivity contribution in [2.75, 3.05) is 18.6 Å². The molecule has 1 atom stereocenters. The minimum absolute atomic E-state index is 0.0893. The Labute approximate surface area is 134 Å². The molecule has 1 saturated carbocycles. The van der Waals surface area contributed by atoms with Crippen molar-refractivity contribution < 1.29 is 19.1 Å². The second-order valence-corrected chi connectivity index (χ2v) is 6.44. The van der Waals surface area contributed by atoms with Crippen LogP contribution in [0, 0.1) is 5.41 Å². The highest BCUT2D eigenvalue weighted by atomic mass is 32.2. The van der Waals surface area contributed by atoms with Crippen LogP contribution in [0.15, 0.2) is 30.3 Å². The molecule has 1 aromatic carbocycles. The van der Waals surface area contributed by atoms with Gasteiger partial charge in [-0.2, -0.15) is 11.8 Å². The number of hydrogen-bond acceptors (Lipinski definition) is 5. The SMILES string of the molecule is CSCCOC(=O)C1(CC(=O)c2ccccc2)CCCC1=O. The number of ketones is 2. The van der Waals surface area contributed by atoms with Crippen LogP contribution in [-0.2, 0) is 14.3 Å². The van der Waals surface area contributed by atoms with Crippen LogP contribution in [-0.4, -0.2) is 36.2 Å². The van der Waals surface area contributed by atoms with E-state index in [1.54, 1.807) is 36.0 Å². The van der Waals surface area contributed by atoms with Crippen LogP contribution >= 0.6 is 11.8 Å². The Morgan fingerprint density at radius 2 is 2.00 bits per heavy atom. The van der Waals surface area contributed by atoms with Crippen LogP contribution in [0.5, 0.6) is 0 Å². The predicted octanol–water partition coefficient (Wildman–Crippen LogP) is 2.91. The zero-order valence-corrected chi connectivity index (χ0v) is 13.5. The van der Waals surface area contributed by atoms with Crippen molar-refractivity contribution in [2.45, 2.75) is 25.7 Å². The zero-order valence-electron chi connectivity index (χ0n) is 12.7. The second-order valence-electron chi connectivity index (χ2n) is 5.45. The Balaban J connectivity index is 2.14. The monoisotopic (exact) mass is 320 g/mol. The fourth-order valence-corrected chi connectivity index (χ4v) is 3.01. The number of carbonyl (C=O) groups is 3. The highest BCUT2D eigenvalue weighted by Gasteiger charge is 2.51. The highest BCUT2D eigenvalue weighted by Crippen LogP contribution is 2.40. The third kappa shape index (κ3) is 3.58. The van der Waals surface area contributed by atoms with E-state index >= 15 is 0 Å². The lowest BCUT2D eigenvalue weighted by Crippen LogP contribution is -2.39. The minimum atomic E-state index is -1.27. The van der Waals surface area contributed by atoms with Gasteiger partial charge < -0.3 is 4.74 Å². The number of esters is 1. The van der Waals surface area contributed by atoms with Gasteiger partial charge in [-0.3, -0.25) is 14.4 Å². The summed E-state index contributed by atoms with van der Waals surface area (Å²) in [7, 11) is 0. The third-order valence-electron chi connectivity index (χ3n) is 4.01. The van der Waals surface area contributed by atoms with E-state index in [4.69, 9.17) is 4.74 Å². The normalized spacial score (nSPS) is 20.9. The fraction of sp³-hybridized carbons (Fsp3) is 0.471. The molecule has 1 unspecified atom stereocenters. The summed E-state index contributed by atoms with van der Waals surface area (Å²) in [5.41, 5.74) is -0.746. The third-order valence-corrected chi connectivity index (χ3v) is 4.59. The molecule has 118 valence electrons. The first kappa shape index (κ1) is 16.7. The van der Waals surface area contributed by atoms with Gasteiger partial charge in [0.25, 0.3) is 0 Å². The first-order valence-electron chi connectivity index (χ1n) is 7.38. The van der Waals surface area contributed by atoms with Gasteiger partial charge in [-0.05, 0) is 19.1 Å². The Kier molecular flexibility index (Phi) is 5.77. The molecule has 5 heteroatoms. The Morgan fingerprint density at radius 1 is 1.27 bits per heavy atom. The topological polar surface area (TPSA) is 60.4 Å². The van der Waals surface area contributed by atoms with Gasteiger partial charge in [0.1, 0.15) is 12.0 Å². The van der Waals surface area contributed by atoms with Gasteiger partial charge in [0.2, 0.25) is 0 Å². The van der Waals surface area contributed by atoms with E-state index in [2.05, 4.69) is 0 Å². The average Bonchev–Trinajstić information content (AvgIpc) is 2.90. The second kappa shape index (κ2) is 7.58. The van der Waals surface area contributed by atoms with E-state index in [0.717, 1.165) is 0 Å². The standard InChI is InChI=1S/C17H20O4S/c1-22-11-10-21-16(20)17(9-5-8-15(17)19)12-14(18)13-6-3-2-4-7-13/h2-4,6-7H,5,8-12H2,1H3. The fourth-order valence-electron chi connectivity index (χ4n) is 2.76. The molecule has 1 fully saturated rings. The van der Waals surface area contributed by atoms with Crippen molar-refractivity contribution in [3.05, 3.63) is 35.9 Å². The van der Waals surface area contributed by atoms with Gasteiger partial charge in [-0.25, -0.2) is 0 Å². The number of rotatable bonds is 7. The molecule has 0 amide bonds. The van der Waals surface area contributed by atoms with E-state index in [1.807, 2.05) is 12.3 Å². The summed E-state index contributed by atoms with van der Waals surface area (Å²) < 4.78 is 5.24. The molecule has 0 radical (unpaired) electrons. The maximum Gasteiger partial charge on any atom is 0.320 e. The molecular formula is C17H20O4S. The van der Waals surface area contributed by atoms with Gasteiger partial charge in [-0.1, -0.05) is 30.3 Å². The molecule has 4 nitrogen and oxygen atoms in total. The van der Waals surface area contributed by atoms with Gasteiger partial charge in [0.05, 0.1) is 0 Å². The lowest BCUT2D eigenvalue weighted by molar-refractivity contribution is -0.158. The molecule has 0 bridgehead atoms. The van der Waals surface area contributed by atoms with Crippen LogP contribution < -0.4 is 0 Å². The van der Waals surface area contributed by atoms with Crippen molar-refractivity contribution >= 4 is 29.3 Å². The molecule has 1 aliphatic carbocycles. The molecule has 0 N–H and O–H groups in total. The summed E-state index contributed by atoms with van der Waals surface area (Å²) in [5.74, 6) is -0.195. The van der Waals surface area contributed by atoms with E-state index in [1.165, 1.54) is 0 Å². The molecule has 1 aliphatic rings. The molecule has 0 aliphatic heterocycles. The lowest BCUT2D eigenvalue weighted by atomic mass is 9.79. The molecular weight excluding hydrogens is 300 g/mol. The molecule has 0 heterocycles. The first-order valence-corrected chi connectivity index (χ1v) is 8.77. The van der Waals surface area contributed by atoms with Crippen LogP contribution in [0.2, 0.25) is 0 Å². The van der Waals surface area contributed by atoms with Crippen molar-refractivity contribution in [3.63, 3.8) is 0 Å². The highest BCUT2D eigenvalue weighted by molar-refractivity contribution is 7.98. The summed E-state index contributed by atoms with van der Waals surface area (Å²) in [5, 5.41) is 0. The number of carbonyl (C=O) groups excluding carboxylic acids is 3. The van der Waals surface area contributed by atoms with E-state index < -0.39 is 11.4 Å². The lowest BCUT2D eigenvalue weighted by Gasteiger charge is -2.24. The van der Waals surface area contributed by atoms with E-state index in [0.29, 0.717) is 30.6 Å². The van der Waals surface area contributed by atoms with Crippen LogP contribution in [0.4, 0.5) is 0 Å². The Hall–Kier alpha value is -1.62. The summed E-state index contributed by atoms with van der Waals surface area (Å²) in [6.45, 7) is 0.272. The summed E-state index contributed by atoms with van der Waals surface area (Å²) in [4.78, 5) is 37.1. The maximum absolute atomic E-state index is 12.4. The summed E-state index contributed by atoms with van der Waals surface area (Å²) in [6.07, 6.45) is 3.22. The maximum atomic E-state index is 12.4.